The molecule has 0 amide bonds. The summed E-state index contributed by atoms with van der Waals surface area (Å²) in [5.74, 6) is -1.25. The van der Waals surface area contributed by atoms with Crippen LogP contribution in [0.25, 0.3) is 0 Å². The lowest BCUT2D eigenvalue weighted by Gasteiger charge is -2.28. The zero-order chi connectivity index (χ0) is 14.2. The summed E-state index contributed by atoms with van der Waals surface area (Å²) < 4.78 is 42.7. The van der Waals surface area contributed by atoms with Gasteiger partial charge < -0.3 is 9.52 Å². The van der Waals surface area contributed by atoms with Crippen LogP contribution in [-0.2, 0) is 0 Å². The molecule has 0 spiro atoms. The monoisotopic (exact) mass is 277 g/mol. The lowest BCUT2D eigenvalue weighted by Crippen LogP contribution is -2.37. The predicted octanol–water partition coefficient (Wildman–Crippen LogP) is 3.07. The van der Waals surface area contributed by atoms with E-state index in [0.29, 0.717) is 0 Å². The number of carboxylic acids is 1. The quantitative estimate of drug-likeness (QED) is 0.898. The highest BCUT2D eigenvalue weighted by atomic mass is 19.4. The Morgan fingerprint density at radius 3 is 2.58 bits per heavy atom. The lowest BCUT2D eigenvalue weighted by molar-refractivity contribution is -0.152. The van der Waals surface area contributed by atoms with Crippen LogP contribution in [-0.4, -0.2) is 34.7 Å². The molecule has 106 valence electrons. The van der Waals surface area contributed by atoms with Gasteiger partial charge in [0.25, 0.3) is 0 Å². The molecule has 1 fully saturated rings. The maximum absolute atomic E-state index is 12.5. The van der Waals surface area contributed by atoms with Crippen LogP contribution >= 0.6 is 0 Å². The number of hydrogen-bond donors (Lipinski definition) is 1. The van der Waals surface area contributed by atoms with Gasteiger partial charge >= 0.3 is 12.1 Å². The summed E-state index contributed by atoms with van der Waals surface area (Å²) in [5.41, 5.74) is 0. The molecule has 0 bridgehead atoms. The minimum atomic E-state index is -4.28. The fourth-order valence-corrected chi connectivity index (χ4v) is 2.05. The maximum Gasteiger partial charge on any atom is 0.401 e. The van der Waals surface area contributed by atoms with Gasteiger partial charge in [0, 0.05) is 6.04 Å². The van der Waals surface area contributed by atoms with Gasteiger partial charge in [-0.3, -0.25) is 4.90 Å². The maximum atomic E-state index is 12.5. The van der Waals surface area contributed by atoms with Gasteiger partial charge in [0.2, 0.25) is 5.76 Å². The second kappa shape index (κ2) is 4.88. The molecule has 0 aliphatic heterocycles. The SMILES string of the molecule is CC(c1ccc(C(=O)O)o1)N(CC(F)(F)F)C1CC1. The largest absolute Gasteiger partial charge is 0.475 e. The Morgan fingerprint density at radius 1 is 1.53 bits per heavy atom. The Labute approximate surface area is 107 Å². The van der Waals surface area contributed by atoms with E-state index in [0.717, 1.165) is 12.8 Å². The van der Waals surface area contributed by atoms with E-state index in [4.69, 9.17) is 9.52 Å². The van der Waals surface area contributed by atoms with Crippen LogP contribution < -0.4 is 0 Å². The number of rotatable bonds is 5. The summed E-state index contributed by atoms with van der Waals surface area (Å²) in [7, 11) is 0. The highest BCUT2D eigenvalue weighted by molar-refractivity contribution is 5.84. The average Bonchev–Trinajstić information content (AvgIpc) is 3.00. The van der Waals surface area contributed by atoms with Crippen LogP contribution in [0.5, 0.6) is 0 Å². The zero-order valence-electron chi connectivity index (χ0n) is 10.3. The van der Waals surface area contributed by atoms with E-state index >= 15 is 0 Å². The Hall–Kier alpha value is -1.50. The van der Waals surface area contributed by atoms with Crippen molar-refractivity contribution in [3.63, 3.8) is 0 Å². The van der Waals surface area contributed by atoms with E-state index in [9.17, 15) is 18.0 Å². The molecule has 0 saturated heterocycles. The Morgan fingerprint density at radius 2 is 2.16 bits per heavy atom. The van der Waals surface area contributed by atoms with Gasteiger partial charge in [-0.05, 0) is 31.9 Å². The van der Waals surface area contributed by atoms with E-state index in [2.05, 4.69) is 0 Å². The first-order valence-electron chi connectivity index (χ1n) is 5.93. The van der Waals surface area contributed by atoms with E-state index in [1.807, 2.05) is 0 Å². The van der Waals surface area contributed by atoms with Crippen LogP contribution in [0.15, 0.2) is 16.5 Å². The first kappa shape index (κ1) is 13.9. The first-order chi connectivity index (χ1) is 8.78. The molecule has 1 aromatic rings. The highest BCUT2D eigenvalue weighted by Gasteiger charge is 2.41. The Bertz CT molecular complexity index is 465. The molecular formula is C12H14F3NO3. The molecule has 1 atom stereocenters. The van der Waals surface area contributed by atoms with Crippen molar-refractivity contribution in [2.24, 2.45) is 0 Å². The molecule has 0 radical (unpaired) electrons. The smallest absolute Gasteiger partial charge is 0.401 e. The number of alkyl halides is 3. The van der Waals surface area contributed by atoms with Crippen molar-refractivity contribution < 1.29 is 27.5 Å². The van der Waals surface area contributed by atoms with Crippen molar-refractivity contribution in [3.05, 3.63) is 23.7 Å². The van der Waals surface area contributed by atoms with Gasteiger partial charge in [-0.2, -0.15) is 13.2 Å². The molecule has 0 aromatic carbocycles. The van der Waals surface area contributed by atoms with Gasteiger partial charge in [-0.1, -0.05) is 0 Å². The molecule has 1 saturated carbocycles. The van der Waals surface area contributed by atoms with Crippen molar-refractivity contribution in [2.45, 2.75) is 38.0 Å². The minimum Gasteiger partial charge on any atom is -0.475 e. The van der Waals surface area contributed by atoms with E-state index in [1.54, 1.807) is 6.92 Å². The number of carbonyl (C=O) groups is 1. The number of aromatic carboxylic acids is 1. The highest BCUT2D eigenvalue weighted by Crippen LogP contribution is 2.37. The van der Waals surface area contributed by atoms with E-state index < -0.39 is 24.7 Å². The van der Waals surface area contributed by atoms with E-state index in [-0.39, 0.29) is 17.6 Å². The molecule has 19 heavy (non-hydrogen) atoms. The third-order valence-corrected chi connectivity index (χ3v) is 3.12. The molecule has 1 unspecified atom stereocenters. The van der Waals surface area contributed by atoms with Crippen molar-refractivity contribution in [1.29, 1.82) is 0 Å². The van der Waals surface area contributed by atoms with Crippen LogP contribution in [0.2, 0.25) is 0 Å². The number of hydrogen-bond acceptors (Lipinski definition) is 3. The van der Waals surface area contributed by atoms with Gasteiger partial charge in [-0.15, -0.1) is 0 Å². The van der Waals surface area contributed by atoms with Crippen LogP contribution in [0, 0.1) is 0 Å². The summed E-state index contributed by atoms with van der Waals surface area (Å²) >= 11 is 0. The summed E-state index contributed by atoms with van der Waals surface area (Å²) in [5, 5.41) is 8.74. The zero-order valence-corrected chi connectivity index (χ0v) is 10.3. The van der Waals surface area contributed by atoms with Crippen molar-refractivity contribution in [3.8, 4) is 0 Å². The van der Waals surface area contributed by atoms with Gasteiger partial charge in [0.1, 0.15) is 5.76 Å². The predicted molar refractivity (Wildman–Crippen MR) is 59.9 cm³/mol. The van der Waals surface area contributed by atoms with Crippen LogP contribution in [0.3, 0.4) is 0 Å². The third kappa shape index (κ3) is 3.50. The molecule has 1 heterocycles. The van der Waals surface area contributed by atoms with Gasteiger partial charge in [-0.25, -0.2) is 4.79 Å². The summed E-state index contributed by atoms with van der Waals surface area (Å²) in [6.07, 6.45) is -2.82. The van der Waals surface area contributed by atoms with Crippen molar-refractivity contribution in [2.75, 3.05) is 6.54 Å². The van der Waals surface area contributed by atoms with Crippen molar-refractivity contribution >= 4 is 5.97 Å². The average molecular weight is 277 g/mol. The van der Waals surface area contributed by atoms with Crippen LogP contribution in [0.4, 0.5) is 13.2 Å². The molecule has 4 nitrogen and oxygen atoms in total. The molecule has 1 aliphatic rings. The van der Waals surface area contributed by atoms with Crippen molar-refractivity contribution in [1.82, 2.24) is 4.90 Å². The summed E-state index contributed by atoms with van der Waals surface area (Å²) in [6.45, 7) is 0.580. The molecule has 7 heteroatoms. The first-order valence-corrected chi connectivity index (χ1v) is 5.93. The molecule has 2 rings (SSSR count). The number of carboxylic acid groups (broad SMARTS) is 1. The fraction of sp³-hybridized carbons (Fsp3) is 0.583. The Kier molecular flexibility index (Phi) is 3.58. The topological polar surface area (TPSA) is 53.7 Å². The second-order valence-corrected chi connectivity index (χ2v) is 4.70. The molecule has 1 aromatic heterocycles. The normalized spacial score (nSPS) is 17.7. The number of furan rings is 1. The Balaban J connectivity index is 2.14. The molecule has 1 N–H and O–H groups in total. The van der Waals surface area contributed by atoms with Crippen LogP contribution in [0.1, 0.15) is 42.1 Å². The standard InChI is InChI=1S/C12H14F3NO3/c1-7(9-4-5-10(19-9)11(17)18)16(8-2-3-8)6-12(13,14)15/h4-5,7-8H,2-3,6H2,1H3,(H,17,18). The van der Waals surface area contributed by atoms with Gasteiger partial charge in [0.05, 0.1) is 12.6 Å². The lowest BCUT2D eigenvalue weighted by atomic mass is 10.2. The van der Waals surface area contributed by atoms with E-state index in [1.165, 1.54) is 17.0 Å². The second-order valence-electron chi connectivity index (χ2n) is 4.70. The van der Waals surface area contributed by atoms with Gasteiger partial charge in [0.15, 0.2) is 0 Å². The molecule has 1 aliphatic carbocycles. The minimum absolute atomic E-state index is 0.102. The number of nitrogens with zero attached hydrogens (tertiary/aromatic N) is 1. The summed E-state index contributed by atoms with van der Waals surface area (Å²) in [4.78, 5) is 12.0. The number of halogens is 3. The third-order valence-electron chi connectivity index (χ3n) is 3.12. The molecular weight excluding hydrogens is 263 g/mol. The summed E-state index contributed by atoms with van der Waals surface area (Å²) in [6, 6.07) is 1.98. The fourth-order valence-electron chi connectivity index (χ4n) is 2.05.